The van der Waals surface area contributed by atoms with Crippen LogP contribution in [0.5, 0.6) is 0 Å². The number of methoxy groups -OCH3 is 1. The van der Waals surface area contributed by atoms with Gasteiger partial charge in [-0.05, 0) is 24.3 Å². The number of rotatable bonds is 7. The fourth-order valence-corrected chi connectivity index (χ4v) is 1.55. The third-order valence-electron chi connectivity index (χ3n) is 2.62. The molecular formula is C14H21N3O3. The van der Waals surface area contributed by atoms with Gasteiger partial charge in [-0.25, -0.2) is 0 Å². The lowest BCUT2D eigenvalue weighted by molar-refractivity contribution is -0.126. The number of hydrogen-bond acceptors (Lipinski definition) is 4. The van der Waals surface area contributed by atoms with Crippen molar-refractivity contribution in [2.24, 2.45) is 0 Å². The van der Waals surface area contributed by atoms with E-state index in [1.807, 2.05) is 31.1 Å². The van der Waals surface area contributed by atoms with Crippen molar-refractivity contribution in [3.8, 4) is 0 Å². The molecule has 0 aromatic heterocycles. The first-order valence-electron chi connectivity index (χ1n) is 6.36. The van der Waals surface area contributed by atoms with Crippen molar-refractivity contribution in [1.82, 2.24) is 5.32 Å². The van der Waals surface area contributed by atoms with Crippen LogP contribution in [-0.2, 0) is 14.3 Å². The maximum absolute atomic E-state index is 11.7. The fourth-order valence-electron chi connectivity index (χ4n) is 1.55. The van der Waals surface area contributed by atoms with Crippen LogP contribution >= 0.6 is 0 Å². The largest absolute Gasteiger partial charge is 0.383 e. The molecule has 0 unspecified atom stereocenters. The number of amides is 2. The Morgan fingerprint density at radius 1 is 1.15 bits per heavy atom. The lowest BCUT2D eigenvalue weighted by Crippen LogP contribution is -2.30. The molecule has 2 amide bonds. The topological polar surface area (TPSA) is 70.7 Å². The van der Waals surface area contributed by atoms with Crippen LogP contribution in [0, 0.1) is 0 Å². The molecule has 0 bridgehead atoms. The highest BCUT2D eigenvalue weighted by Gasteiger charge is 2.09. The van der Waals surface area contributed by atoms with Gasteiger partial charge in [0.15, 0.2) is 0 Å². The highest BCUT2D eigenvalue weighted by atomic mass is 16.5. The Morgan fingerprint density at radius 3 is 2.35 bits per heavy atom. The van der Waals surface area contributed by atoms with Crippen molar-refractivity contribution >= 4 is 23.2 Å². The number of hydrogen-bond donors (Lipinski definition) is 2. The summed E-state index contributed by atoms with van der Waals surface area (Å²) in [5.74, 6) is -0.651. The van der Waals surface area contributed by atoms with Crippen molar-refractivity contribution in [3.05, 3.63) is 24.3 Å². The predicted molar refractivity (Wildman–Crippen MR) is 78.9 cm³/mol. The fraction of sp³-hybridized carbons (Fsp3) is 0.429. The monoisotopic (exact) mass is 279 g/mol. The van der Waals surface area contributed by atoms with Crippen molar-refractivity contribution in [3.63, 3.8) is 0 Å². The summed E-state index contributed by atoms with van der Waals surface area (Å²) in [6.45, 7) is 0.833. The van der Waals surface area contributed by atoms with Gasteiger partial charge in [0.25, 0.3) is 0 Å². The van der Waals surface area contributed by atoms with Gasteiger partial charge in [-0.2, -0.15) is 0 Å². The van der Waals surface area contributed by atoms with Gasteiger partial charge in [-0.15, -0.1) is 0 Å². The molecule has 6 heteroatoms. The Balaban J connectivity index is 2.40. The first kappa shape index (κ1) is 16.0. The number of anilines is 2. The van der Waals surface area contributed by atoms with Crippen LogP contribution in [0.3, 0.4) is 0 Å². The summed E-state index contributed by atoms with van der Waals surface area (Å²) in [5, 5.41) is 5.27. The average molecular weight is 279 g/mol. The van der Waals surface area contributed by atoms with E-state index in [0.29, 0.717) is 18.8 Å². The molecule has 2 N–H and O–H groups in total. The average Bonchev–Trinajstić information content (AvgIpc) is 2.39. The molecule has 0 aliphatic heterocycles. The van der Waals surface area contributed by atoms with Gasteiger partial charge in [-0.3, -0.25) is 9.59 Å². The van der Waals surface area contributed by atoms with Gasteiger partial charge in [0.2, 0.25) is 11.8 Å². The molecule has 1 aromatic carbocycles. The third kappa shape index (κ3) is 5.71. The summed E-state index contributed by atoms with van der Waals surface area (Å²) in [7, 11) is 5.44. The van der Waals surface area contributed by atoms with Crippen LogP contribution in [-0.4, -0.2) is 46.2 Å². The molecule has 0 aliphatic rings. The minimum absolute atomic E-state index is 0.195. The molecule has 110 valence electrons. The molecule has 1 rings (SSSR count). The predicted octanol–water partition coefficient (Wildman–Crippen LogP) is 0.844. The smallest absolute Gasteiger partial charge is 0.233 e. The van der Waals surface area contributed by atoms with Crippen molar-refractivity contribution in [1.29, 1.82) is 0 Å². The summed E-state index contributed by atoms with van der Waals surface area (Å²) in [5.41, 5.74) is 1.71. The number of carbonyl (C=O) groups is 2. The molecule has 20 heavy (non-hydrogen) atoms. The van der Waals surface area contributed by atoms with E-state index in [1.54, 1.807) is 19.2 Å². The van der Waals surface area contributed by atoms with Crippen LogP contribution < -0.4 is 15.5 Å². The van der Waals surface area contributed by atoms with Gasteiger partial charge in [-0.1, -0.05) is 0 Å². The summed E-state index contributed by atoms with van der Waals surface area (Å²) < 4.78 is 4.80. The molecule has 0 heterocycles. The Hall–Kier alpha value is -2.08. The van der Waals surface area contributed by atoms with Crippen molar-refractivity contribution in [2.75, 3.05) is 44.6 Å². The first-order valence-corrected chi connectivity index (χ1v) is 6.36. The molecule has 1 aromatic rings. The molecular weight excluding hydrogens is 258 g/mol. The van der Waals surface area contributed by atoms with Crippen molar-refractivity contribution < 1.29 is 14.3 Å². The Kier molecular flexibility index (Phi) is 6.52. The molecule has 0 atom stereocenters. The Bertz CT molecular complexity index is 443. The summed E-state index contributed by atoms with van der Waals surface area (Å²) in [6.07, 6.45) is -0.195. The number of carbonyl (C=O) groups excluding carboxylic acids is 2. The summed E-state index contributed by atoms with van der Waals surface area (Å²) in [6, 6.07) is 7.40. The van der Waals surface area contributed by atoms with Gasteiger partial charge < -0.3 is 20.3 Å². The quantitative estimate of drug-likeness (QED) is 0.573. The van der Waals surface area contributed by atoms with Crippen LogP contribution in [0.4, 0.5) is 11.4 Å². The maximum atomic E-state index is 11.7. The van der Waals surface area contributed by atoms with E-state index in [0.717, 1.165) is 5.69 Å². The number of nitrogens with zero attached hydrogens (tertiary/aromatic N) is 1. The van der Waals surface area contributed by atoms with Gasteiger partial charge >= 0.3 is 0 Å². The van der Waals surface area contributed by atoms with Gasteiger partial charge in [0.1, 0.15) is 6.42 Å². The van der Waals surface area contributed by atoms with Crippen LogP contribution in [0.25, 0.3) is 0 Å². The van der Waals surface area contributed by atoms with E-state index < -0.39 is 0 Å². The highest BCUT2D eigenvalue weighted by Crippen LogP contribution is 2.15. The van der Waals surface area contributed by atoms with Crippen molar-refractivity contribution in [2.45, 2.75) is 6.42 Å². The lowest BCUT2D eigenvalue weighted by atomic mass is 10.2. The summed E-state index contributed by atoms with van der Waals surface area (Å²) in [4.78, 5) is 25.1. The first-order chi connectivity index (χ1) is 9.52. The third-order valence-corrected chi connectivity index (χ3v) is 2.62. The lowest BCUT2D eigenvalue weighted by Gasteiger charge is -2.13. The second kappa shape index (κ2) is 8.16. The van der Waals surface area contributed by atoms with Crippen LogP contribution in [0.1, 0.15) is 6.42 Å². The Labute approximate surface area is 119 Å². The zero-order valence-electron chi connectivity index (χ0n) is 12.1. The zero-order valence-corrected chi connectivity index (χ0v) is 12.1. The Morgan fingerprint density at radius 2 is 1.80 bits per heavy atom. The minimum atomic E-state index is -0.336. The molecule has 0 radical (unpaired) electrons. The second-order valence-corrected chi connectivity index (χ2v) is 4.51. The van der Waals surface area contributed by atoms with Gasteiger partial charge in [0.05, 0.1) is 6.61 Å². The molecule has 0 fully saturated rings. The molecule has 0 saturated carbocycles. The van der Waals surface area contributed by atoms with E-state index in [2.05, 4.69) is 10.6 Å². The summed E-state index contributed by atoms with van der Waals surface area (Å²) >= 11 is 0. The minimum Gasteiger partial charge on any atom is -0.383 e. The van der Waals surface area contributed by atoms with Crippen LogP contribution in [0.15, 0.2) is 24.3 Å². The molecule has 6 nitrogen and oxygen atoms in total. The van der Waals surface area contributed by atoms with E-state index in [4.69, 9.17) is 4.74 Å². The molecule has 0 saturated heterocycles. The number of nitrogens with one attached hydrogen (secondary N) is 2. The number of ether oxygens (including phenoxy) is 1. The van der Waals surface area contributed by atoms with E-state index in [1.165, 1.54) is 0 Å². The van der Waals surface area contributed by atoms with Gasteiger partial charge in [0, 0.05) is 39.1 Å². The standard InChI is InChI=1S/C14H21N3O3/c1-17(2)12-6-4-11(5-7-12)16-14(19)10-13(18)15-8-9-20-3/h4-7H,8-10H2,1-3H3,(H,15,18)(H,16,19). The van der Waals surface area contributed by atoms with E-state index in [-0.39, 0.29) is 18.2 Å². The number of benzene rings is 1. The SMILES string of the molecule is COCCNC(=O)CC(=O)Nc1ccc(N(C)C)cc1. The van der Waals surface area contributed by atoms with E-state index in [9.17, 15) is 9.59 Å². The molecule has 0 aliphatic carbocycles. The molecule has 0 spiro atoms. The van der Waals surface area contributed by atoms with E-state index >= 15 is 0 Å². The van der Waals surface area contributed by atoms with Crippen LogP contribution in [0.2, 0.25) is 0 Å². The zero-order chi connectivity index (χ0) is 15.0. The normalized spacial score (nSPS) is 9.95. The second-order valence-electron chi connectivity index (χ2n) is 4.51. The highest BCUT2D eigenvalue weighted by molar-refractivity contribution is 6.03. The maximum Gasteiger partial charge on any atom is 0.233 e.